The van der Waals surface area contributed by atoms with Crippen molar-refractivity contribution >= 4 is 74.1 Å². The molecule has 1 aliphatic rings. The van der Waals surface area contributed by atoms with Gasteiger partial charge in [0.25, 0.3) is 5.91 Å². The Morgan fingerprint density at radius 2 is 1.93 bits per heavy atom. The predicted octanol–water partition coefficient (Wildman–Crippen LogP) is 5.32. The molecular weight excluding hydrogens is 586 g/mol. The fourth-order valence-corrected chi connectivity index (χ4v) is 5.71. The topological polar surface area (TPSA) is 41.9 Å². The van der Waals surface area contributed by atoms with E-state index in [2.05, 4.69) is 75.3 Å². The number of aryl methyl sites for hydroxylation is 1. The Kier molecular flexibility index (Phi) is 6.85. The third-order valence-corrected chi connectivity index (χ3v) is 6.73. The number of rotatable bonds is 4. The second-order valence-electron chi connectivity index (χ2n) is 6.07. The first kappa shape index (κ1) is 20.7. The molecule has 0 saturated carbocycles. The molecular formula is C20H18I2N2O2S. The average Bonchev–Trinajstić information content (AvgIpc) is 2.89. The van der Waals surface area contributed by atoms with Gasteiger partial charge in [-0.1, -0.05) is 29.8 Å². The second-order valence-corrected chi connectivity index (χ2v) is 9.41. The number of hydrogen-bond donors (Lipinski definition) is 0. The maximum Gasteiger partial charge on any atom is 0.266 e. The van der Waals surface area contributed by atoms with Crippen LogP contribution in [0.1, 0.15) is 16.7 Å². The molecule has 140 valence electrons. The number of halogens is 2. The standard InChI is InChI=1S/C20H18I2N2O2S/c1-12-5-4-6-13(7-12)11-26-18-15(21)8-14(9-16(18)22)10-17-19(25)24(3)20(23-2)27-17/h4-10H,11H2,1-3H3/b17-10-,23-20?. The predicted molar refractivity (Wildman–Crippen MR) is 129 cm³/mol. The Balaban J connectivity index is 1.81. The van der Waals surface area contributed by atoms with Crippen molar-refractivity contribution in [3.8, 4) is 5.75 Å². The molecule has 0 N–H and O–H groups in total. The van der Waals surface area contributed by atoms with Gasteiger partial charge >= 0.3 is 0 Å². The lowest BCUT2D eigenvalue weighted by Gasteiger charge is -2.12. The summed E-state index contributed by atoms with van der Waals surface area (Å²) >= 11 is 5.96. The van der Waals surface area contributed by atoms with Gasteiger partial charge in [-0.15, -0.1) is 0 Å². The van der Waals surface area contributed by atoms with Gasteiger partial charge in [0, 0.05) is 14.1 Å². The van der Waals surface area contributed by atoms with Crippen LogP contribution in [0, 0.1) is 14.1 Å². The van der Waals surface area contributed by atoms with Crippen molar-refractivity contribution in [2.45, 2.75) is 13.5 Å². The van der Waals surface area contributed by atoms with Crippen LogP contribution in [0.4, 0.5) is 0 Å². The van der Waals surface area contributed by atoms with E-state index < -0.39 is 0 Å². The van der Waals surface area contributed by atoms with Crippen molar-refractivity contribution in [3.05, 3.63) is 65.1 Å². The van der Waals surface area contributed by atoms with Gasteiger partial charge in [-0.2, -0.15) is 0 Å². The summed E-state index contributed by atoms with van der Waals surface area (Å²) in [5, 5.41) is 0.716. The van der Waals surface area contributed by atoms with Crippen molar-refractivity contribution in [2.75, 3.05) is 14.1 Å². The maximum atomic E-state index is 12.3. The highest BCUT2D eigenvalue weighted by atomic mass is 127. The molecule has 0 radical (unpaired) electrons. The Morgan fingerprint density at radius 3 is 2.52 bits per heavy atom. The van der Waals surface area contributed by atoms with Crippen LogP contribution in [0.15, 0.2) is 46.3 Å². The Hall–Kier alpha value is -1.07. The summed E-state index contributed by atoms with van der Waals surface area (Å²) in [6, 6.07) is 12.4. The van der Waals surface area contributed by atoms with Gasteiger partial charge in [-0.25, -0.2) is 0 Å². The maximum absolute atomic E-state index is 12.3. The van der Waals surface area contributed by atoms with E-state index in [1.165, 1.54) is 17.3 Å². The number of ether oxygens (including phenoxy) is 1. The van der Waals surface area contributed by atoms with Crippen LogP contribution < -0.4 is 4.74 Å². The van der Waals surface area contributed by atoms with Crippen LogP contribution in [0.25, 0.3) is 6.08 Å². The quantitative estimate of drug-likeness (QED) is 0.351. The number of thioether (sulfide) groups is 1. The molecule has 3 rings (SSSR count). The summed E-state index contributed by atoms with van der Waals surface area (Å²) in [5.41, 5.74) is 3.35. The molecule has 2 aromatic carbocycles. The largest absolute Gasteiger partial charge is 0.487 e. The van der Waals surface area contributed by atoms with Crippen molar-refractivity contribution in [1.29, 1.82) is 0 Å². The molecule has 0 bridgehead atoms. The van der Waals surface area contributed by atoms with E-state index in [9.17, 15) is 4.79 Å². The molecule has 1 amide bonds. The fraction of sp³-hybridized carbons (Fsp3) is 0.200. The molecule has 4 nitrogen and oxygen atoms in total. The number of likely N-dealkylation sites (N-methyl/N-ethyl adjacent to an activating group) is 1. The Labute approximate surface area is 190 Å². The van der Waals surface area contributed by atoms with Gasteiger partial charge in [-0.3, -0.25) is 14.7 Å². The molecule has 0 unspecified atom stereocenters. The number of aliphatic imine (C=N–C) groups is 1. The van der Waals surface area contributed by atoms with Gasteiger partial charge in [-0.05, 0) is 93.2 Å². The molecule has 0 atom stereocenters. The van der Waals surface area contributed by atoms with Crippen LogP contribution in [-0.2, 0) is 11.4 Å². The van der Waals surface area contributed by atoms with Crippen LogP contribution in [0.5, 0.6) is 5.75 Å². The normalized spacial score (nSPS) is 17.2. The number of benzene rings is 2. The van der Waals surface area contributed by atoms with E-state index >= 15 is 0 Å². The van der Waals surface area contributed by atoms with Crippen molar-refractivity contribution in [1.82, 2.24) is 4.90 Å². The number of carbonyl (C=O) groups is 1. The van der Waals surface area contributed by atoms with Gasteiger partial charge in [0.1, 0.15) is 12.4 Å². The lowest BCUT2D eigenvalue weighted by atomic mass is 10.1. The number of amidine groups is 1. The van der Waals surface area contributed by atoms with Gasteiger partial charge in [0.15, 0.2) is 5.17 Å². The summed E-state index contributed by atoms with van der Waals surface area (Å²) < 4.78 is 8.11. The first-order valence-corrected chi connectivity index (χ1v) is 11.2. The van der Waals surface area contributed by atoms with Gasteiger partial charge in [0.05, 0.1) is 12.0 Å². The molecule has 1 saturated heterocycles. The molecule has 0 aliphatic carbocycles. The highest BCUT2D eigenvalue weighted by Gasteiger charge is 2.29. The summed E-state index contributed by atoms with van der Waals surface area (Å²) in [5.74, 6) is 0.851. The zero-order valence-electron chi connectivity index (χ0n) is 15.1. The molecule has 1 heterocycles. The van der Waals surface area contributed by atoms with Crippen LogP contribution in [-0.4, -0.2) is 30.1 Å². The highest BCUT2D eigenvalue weighted by Crippen LogP contribution is 2.34. The molecule has 1 aliphatic heterocycles. The van der Waals surface area contributed by atoms with Crippen molar-refractivity contribution in [3.63, 3.8) is 0 Å². The van der Waals surface area contributed by atoms with Crippen molar-refractivity contribution < 1.29 is 9.53 Å². The van der Waals surface area contributed by atoms with E-state index in [1.807, 2.05) is 24.3 Å². The summed E-state index contributed by atoms with van der Waals surface area (Å²) in [7, 11) is 3.44. The first-order valence-electron chi connectivity index (χ1n) is 8.21. The fourth-order valence-electron chi connectivity index (χ4n) is 2.66. The molecule has 0 aromatic heterocycles. The minimum Gasteiger partial charge on any atom is -0.487 e. The van der Waals surface area contributed by atoms with Crippen LogP contribution in [0.3, 0.4) is 0 Å². The van der Waals surface area contributed by atoms with E-state index in [4.69, 9.17) is 4.74 Å². The van der Waals surface area contributed by atoms with Gasteiger partial charge < -0.3 is 4.74 Å². The monoisotopic (exact) mass is 604 g/mol. The SMILES string of the molecule is CN=C1S/C(=C\c2cc(I)c(OCc3cccc(C)c3)c(I)c2)C(=O)N1C. The summed E-state index contributed by atoms with van der Waals surface area (Å²) in [6.45, 7) is 2.61. The Morgan fingerprint density at radius 1 is 1.22 bits per heavy atom. The van der Waals surface area contributed by atoms with Gasteiger partial charge in [0.2, 0.25) is 0 Å². The summed E-state index contributed by atoms with van der Waals surface area (Å²) in [6.07, 6.45) is 1.91. The number of nitrogens with zero attached hydrogens (tertiary/aromatic N) is 2. The van der Waals surface area contributed by atoms with E-state index in [0.717, 1.165) is 24.0 Å². The highest BCUT2D eigenvalue weighted by molar-refractivity contribution is 14.1. The lowest BCUT2D eigenvalue weighted by molar-refractivity contribution is -0.121. The van der Waals surface area contributed by atoms with E-state index in [0.29, 0.717) is 16.7 Å². The van der Waals surface area contributed by atoms with Crippen molar-refractivity contribution in [2.24, 2.45) is 4.99 Å². The third kappa shape index (κ3) is 4.86. The van der Waals surface area contributed by atoms with E-state index in [-0.39, 0.29) is 5.91 Å². The zero-order valence-corrected chi connectivity index (χ0v) is 20.3. The number of hydrogen-bond acceptors (Lipinski definition) is 4. The molecule has 27 heavy (non-hydrogen) atoms. The summed E-state index contributed by atoms with van der Waals surface area (Å²) in [4.78, 5) is 18.7. The van der Waals surface area contributed by atoms with E-state index in [1.54, 1.807) is 19.0 Å². The molecule has 1 fully saturated rings. The Bertz CT molecular complexity index is 934. The number of amides is 1. The minimum absolute atomic E-state index is 0.0228. The third-order valence-electron chi connectivity index (χ3n) is 3.98. The lowest BCUT2D eigenvalue weighted by Crippen LogP contribution is -2.23. The molecule has 0 spiro atoms. The first-order chi connectivity index (χ1) is 12.9. The second kappa shape index (κ2) is 8.95. The van der Waals surface area contributed by atoms with Crippen LogP contribution in [0.2, 0.25) is 0 Å². The molecule has 7 heteroatoms. The minimum atomic E-state index is -0.0228. The smallest absolute Gasteiger partial charge is 0.266 e. The average molecular weight is 604 g/mol. The zero-order chi connectivity index (χ0) is 19.6. The van der Waals surface area contributed by atoms with Crippen LogP contribution >= 0.6 is 56.9 Å². The number of carbonyl (C=O) groups excluding carboxylic acids is 1. The molecule has 2 aromatic rings.